The smallest absolute Gasteiger partial charge is 0.256 e. The number of nitrogens with one attached hydrogen (secondary N) is 1. The zero-order chi connectivity index (χ0) is 21.5. The van der Waals surface area contributed by atoms with Crippen molar-refractivity contribution < 1.29 is 19.0 Å². The topological polar surface area (TPSA) is 58.6 Å². The summed E-state index contributed by atoms with van der Waals surface area (Å²) in [5.41, 5.74) is 2.11. The molecule has 0 atom stereocenters. The summed E-state index contributed by atoms with van der Waals surface area (Å²) in [7, 11) is 1.68. The summed E-state index contributed by atoms with van der Waals surface area (Å²) < 4.78 is 19.4. The zero-order valence-corrected chi connectivity index (χ0v) is 17.4. The van der Waals surface area contributed by atoms with E-state index in [1.54, 1.807) is 25.3 Å². The van der Waals surface area contributed by atoms with E-state index < -0.39 is 11.4 Å². The van der Waals surface area contributed by atoms with Gasteiger partial charge in [0.15, 0.2) is 0 Å². The van der Waals surface area contributed by atoms with Gasteiger partial charge in [0.05, 0.1) is 22.2 Å². The minimum atomic E-state index is -0.762. The Labute approximate surface area is 180 Å². The summed E-state index contributed by atoms with van der Waals surface area (Å²) in [4.78, 5) is 13.0. The molecule has 2 aromatic carbocycles. The Bertz CT molecular complexity index is 1050. The third-order valence-electron chi connectivity index (χ3n) is 6.18. The van der Waals surface area contributed by atoms with Crippen LogP contribution in [0.1, 0.15) is 36.8 Å². The van der Waals surface area contributed by atoms with Crippen molar-refractivity contribution in [1.82, 2.24) is 5.32 Å². The van der Waals surface area contributed by atoms with Gasteiger partial charge in [-0.05, 0) is 66.1 Å². The molecule has 1 amide bonds. The van der Waals surface area contributed by atoms with Gasteiger partial charge in [-0.25, -0.2) is 4.39 Å². The van der Waals surface area contributed by atoms with Gasteiger partial charge in [0.25, 0.3) is 5.91 Å². The maximum Gasteiger partial charge on any atom is 0.256 e. The van der Waals surface area contributed by atoms with Crippen LogP contribution in [0.5, 0.6) is 0 Å². The lowest BCUT2D eigenvalue weighted by atomic mass is 9.79. The highest BCUT2D eigenvalue weighted by atomic mass is 35.5. The highest BCUT2D eigenvalue weighted by molar-refractivity contribution is 6.30. The lowest BCUT2D eigenvalue weighted by Gasteiger charge is -2.36. The first-order valence-electron chi connectivity index (χ1n) is 9.90. The number of aliphatic hydroxyl groups excluding tert-OH is 1. The summed E-state index contributed by atoms with van der Waals surface area (Å²) in [6.45, 7) is 3.84. The van der Waals surface area contributed by atoms with Crippen LogP contribution in [0.2, 0.25) is 5.02 Å². The number of hydrogen-bond donors (Lipinski definition) is 2. The van der Waals surface area contributed by atoms with E-state index in [0.29, 0.717) is 35.1 Å². The number of ether oxygens (including phenoxy) is 1. The van der Waals surface area contributed by atoms with Gasteiger partial charge in [-0.2, -0.15) is 0 Å². The molecule has 1 fully saturated rings. The average Bonchev–Trinajstić information content (AvgIpc) is 2.99. The summed E-state index contributed by atoms with van der Waals surface area (Å²) in [5, 5.41) is 14.2. The Morgan fingerprint density at radius 3 is 2.53 bits per heavy atom. The van der Waals surface area contributed by atoms with Crippen molar-refractivity contribution in [2.45, 2.75) is 37.3 Å². The second kappa shape index (κ2) is 7.89. The molecule has 0 aromatic heterocycles. The molecule has 30 heavy (non-hydrogen) atoms. The first kappa shape index (κ1) is 20.6. The van der Waals surface area contributed by atoms with E-state index >= 15 is 0 Å². The number of methoxy groups -OCH3 is 1. The second-order valence-electron chi connectivity index (χ2n) is 7.83. The summed E-state index contributed by atoms with van der Waals surface area (Å²) in [5.74, 6) is -0.770. The van der Waals surface area contributed by atoms with Crippen LogP contribution < -0.4 is 5.32 Å². The number of aliphatic hydroxyl groups is 1. The molecule has 0 bridgehead atoms. The van der Waals surface area contributed by atoms with E-state index in [1.807, 2.05) is 12.1 Å². The second-order valence-corrected chi connectivity index (χ2v) is 8.24. The number of benzene rings is 2. The third kappa shape index (κ3) is 3.42. The summed E-state index contributed by atoms with van der Waals surface area (Å²) >= 11 is 5.80. The molecule has 4 rings (SSSR count). The molecule has 1 aliphatic carbocycles. The molecule has 1 saturated carbocycles. The summed E-state index contributed by atoms with van der Waals surface area (Å²) in [6, 6.07) is 9.98. The maximum atomic E-state index is 14.0. The van der Waals surface area contributed by atoms with Crippen LogP contribution in [0.25, 0.3) is 22.8 Å². The molecule has 156 valence electrons. The number of carbonyl (C=O) groups is 1. The van der Waals surface area contributed by atoms with Crippen molar-refractivity contribution in [2.24, 2.45) is 0 Å². The van der Waals surface area contributed by atoms with Gasteiger partial charge >= 0.3 is 0 Å². The van der Waals surface area contributed by atoms with Crippen LogP contribution in [0.4, 0.5) is 4.39 Å². The predicted molar refractivity (Wildman–Crippen MR) is 117 cm³/mol. The van der Waals surface area contributed by atoms with Crippen molar-refractivity contribution in [3.05, 3.63) is 70.7 Å². The first-order chi connectivity index (χ1) is 14.4. The Morgan fingerprint density at radius 1 is 1.23 bits per heavy atom. The maximum absolute atomic E-state index is 14.0. The number of amides is 1. The van der Waals surface area contributed by atoms with E-state index in [2.05, 4.69) is 11.9 Å². The van der Waals surface area contributed by atoms with Gasteiger partial charge in [-0.3, -0.25) is 4.79 Å². The van der Waals surface area contributed by atoms with Gasteiger partial charge in [0.2, 0.25) is 0 Å². The SMILES string of the molecule is C=Cc1ccc(-c2ccc(Cl)c(F)c2)cc1C1=C(O)[C@]2(CC[C@H](OC)CC2)NC1=O. The van der Waals surface area contributed by atoms with E-state index in [4.69, 9.17) is 16.3 Å². The van der Waals surface area contributed by atoms with Crippen molar-refractivity contribution >= 4 is 29.2 Å². The van der Waals surface area contributed by atoms with E-state index in [0.717, 1.165) is 12.8 Å². The molecular formula is C24H23ClFNO3. The summed E-state index contributed by atoms with van der Waals surface area (Å²) in [6.07, 6.45) is 4.51. The molecule has 0 unspecified atom stereocenters. The molecule has 0 radical (unpaired) electrons. The molecule has 2 aliphatic rings. The van der Waals surface area contributed by atoms with E-state index in [-0.39, 0.29) is 28.4 Å². The van der Waals surface area contributed by atoms with Gasteiger partial charge in [-0.15, -0.1) is 0 Å². The largest absolute Gasteiger partial charge is 0.509 e. The predicted octanol–water partition coefficient (Wildman–Crippen LogP) is 5.52. The van der Waals surface area contributed by atoms with Gasteiger partial charge in [-0.1, -0.05) is 42.5 Å². The number of hydrogen-bond acceptors (Lipinski definition) is 3. The van der Waals surface area contributed by atoms with Gasteiger partial charge in [0.1, 0.15) is 11.6 Å². The fourth-order valence-electron chi connectivity index (χ4n) is 4.42. The van der Waals surface area contributed by atoms with Crippen molar-refractivity contribution in [1.29, 1.82) is 0 Å². The number of rotatable bonds is 4. The fourth-order valence-corrected chi connectivity index (χ4v) is 4.54. The standard InChI is InChI=1S/C24H23ClFNO3/c1-3-14-4-5-15(16-6-7-19(25)20(26)13-16)12-18(14)21-22(28)24(27-23(21)29)10-8-17(30-2)9-11-24/h3-7,12-13,17,28H,1,8-11H2,2H3,(H,27,29)/t17-,24+. The lowest BCUT2D eigenvalue weighted by Crippen LogP contribution is -2.48. The van der Waals surface area contributed by atoms with E-state index in [1.165, 1.54) is 12.1 Å². The van der Waals surface area contributed by atoms with Crippen LogP contribution in [-0.4, -0.2) is 29.8 Å². The normalized spacial score (nSPS) is 23.7. The zero-order valence-electron chi connectivity index (χ0n) is 16.7. The fraction of sp³-hybridized carbons (Fsp3) is 0.292. The van der Waals surface area contributed by atoms with Crippen LogP contribution in [0.3, 0.4) is 0 Å². The third-order valence-corrected chi connectivity index (χ3v) is 6.49. The minimum absolute atomic E-state index is 0.0470. The monoisotopic (exact) mass is 427 g/mol. The van der Waals surface area contributed by atoms with Gasteiger partial charge < -0.3 is 15.2 Å². The Morgan fingerprint density at radius 2 is 1.90 bits per heavy atom. The van der Waals surface area contributed by atoms with Crippen LogP contribution in [-0.2, 0) is 9.53 Å². The molecular weight excluding hydrogens is 405 g/mol. The van der Waals surface area contributed by atoms with Crippen molar-refractivity contribution in [3.8, 4) is 11.1 Å². The lowest BCUT2D eigenvalue weighted by molar-refractivity contribution is -0.116. The molecule has 1 spiro atoms. The molecule has 1 heterocycles. The molecule has 1 aliphatic heterocycles. The van der Waals surface area contributed by atoms with Gasteiger partial charge in [0, 0.05) is 7.11 Å². The Kier molecular flexibility index (Phi) is 5.43. The first-order valence-corrected chi connectivity index (χ1v) is 10.3. The molecule has 2 aromatic rings. The average molecular weight is 428 g/mol. The number of halogens is 2. The molecule has 0 saturated heterocycles. The number of carbonyl (C=O) groups excluding carboxylic acids is 1. The highest BCUT2D eigenvalue weighted by Crippen LogP contribution is 2.43. The van der Waals surface area contributed by atoms with Crippen LogP contribution >= 0.6 is 11.6 Å². The molecule has 6 heteroatoms. The van der Waals surface area contributed by atoms with Crippen molar-refractivity contribution in [2.75, 3.05) is 7.11 Å². The quantitative estimate of drug-likeness (QED) is 0.675. The van der Waals surface area contributed by atoms with Crippen LogP contribution in [0, 0.1) is 5.82 Å². The van der Waals surface area contributed by atoms with E-state index in [9.17, 15) is 14.3 Å². The Hall–Kier alpha value is -2.63. The highest BCUT2D eigenvalue weighted by Gasteiger charge is 2.48. The minimum Gasteiger partial charge on any atom is -0.509 e. The Balaban J connectivity index is 1.79. The molecule has 4 nitrogen and oxygen atoms in total. The van der Waals surface area contributed by atoms with Crippen molar-refractivity contribution in [3.63, 3.8) is 0 Å². The molecule has 2 N–H and O–H groups in total. The van der Waals surface area contributed by atoms with Crippen LogP contribution in [0.15, 0.2) is 48.7 Å².